The average molecular weight is 476 g/mol. The van der Waals surface area contributed by atoms with Crippen molar-refractivity contribution in [2.24, 2.45) is 0 Å². The van der Waals surface area contributed by atoms with Crippen LogP contribution in [0, 0.1) is 0 Å². The number of hydrogen-bond donors (Lipinski definition) is 3. The van der Waals surface area contributed by atoms with E-state index in [1.807, 2.05) is 72.8 Å². The van der Waals surface area contributed by atoms with Crippen LogP contribution < -0.4 is 15.4 Å². The molecular weight excluding hydrogens is 446 g/mol. The lowest BCUT2D eigenvalue weighted by atomic mass is 10.1. The number of urea groups is 1. The monoisotopic (exact) mass is 475 g/mol. The van der Waals surface area contributed by atoms with Crippen molar-refractivity contribution in [3.05, 3.63) is 84.9 Å². The normalized spacial score (nSPS) is 11.5. The van der Waals surface area contributed by atoms with Crippen LogP contribution in [-0.2, 0) is 10.0 Å². The van der Waals surface area contributed by atoms with E-state index in [4.69, 9.17) is 0 Å². The summed E-state index contributed by atoms with van der Waals surface area (Å²) < 4.78 is 28.2. The van der Waals surface area contributed by atoms with Gasteiger partial charge in [-0.3, -0.25) is 0 Å². The molecule has 0 aliphatic carbocycles. The van der Waals surface area contributed by atoms with E-state index in [-0.39, 0.29) is 6.03 Å². The Morgan fingerprint density at radius 3 is 2.00 bits per heavy atom. The summed E-state index contributed by atoms with van der Waals surface area (Å²) in [5.41, 5.74) is 0.786. The van der Waals surface area contributed by atoms with Gasteiger partial charge in [0.05, 0.1) is 10.6 Å². The highest BCUT2D eigenvalue weighted by molar-refractivity contribution is 7.89. The second-order valence-corrected chi connectivity index (χ2v) is 9.93. The molecule has 0 unspecified atom stereocenters. The first kappa shape index (κ1) is 23.7. The van der Waals surface area contributed by atoms with Crippen LogP contribution in [0.4, 0.5) is 10.5 Å². The minimum absolute atomic E-state index is 0.223. The van der Waals surface area contributed by atoms with Gasteiger partial charge in [-0.05, 0) is 35.7 Å². The number of hydrogen-bond acceptors (Lipinski definition) is 3. The van der Waals surface area contributed by atoms with Gasteiger partial charge in [-0.2, -0.15) is 0 Å². The summed E-state index contributed by atoms with van der Waals surface area (Å²) >= 11 is 0. The van der Waals surface area contributed by atoms with Crippen molar-refractivity contribution in [2.45, 2.75) is 30.6 Å². The molecule has 6 nitrogen and oxygen atoms in total. The van der Waals surface area contributed by atoms with E-state index < -0.39 is 10.0 Å². The number of unbranched alkanes of at least 4 members (excludes halogenated alkanes) is 3. The van der Waals surface area contributed by atoms with Crippen LogP contribution in [0.2, 0.25) is 0 Å². The molecule has 3 N–H and O–H groups in total. The van der Waals surface area contributed by atoms with E-state index in [1.54, 1.807) is 12.1 Å². The molecule has 0 saturated heterocycles. The van der Waals surface area contributed by atoms with Gasteiger partial charge in [0.25, 0.3) is 0 Å². The standard InChI is InChI=1S/C27H29N3O3S/c31-27(30-25-17-9-13-21-11-3-5-15-23(21)25)28-19-7-1-2-8-20-29-34(32,33)26-18-10-14-22-12-4-6-16-24(22)26/h3-6,9-18,29H,1-2,7-8,19-20H2,(H2,28,30,31). The van der Waals surface area contributed by atoms with E-state index in [2.05, 4.69) is 15.4 Å². The third-order valence-corrected chi connectivity index (χ3v) is 7.28. The fraction of sp³-hybridized carbons (Fsp3) is 0.222. The fourth-order valence-electron chi connectivity index (χ4n) is 4.02. The molecule has 0 radical (unpaired) electrons. The average Bonchev–Trinajstić information content (AvgIpc) is 2.85. The Labute approximate surface area is 200 Å². The summed E-state index contributed by atoms with van der Waals surface area (Å²) in [4.78, 5) is 12.5. The zero-order valence-electron chi connectivity index (χ0n) is 19.0. The Balaban J connectivity index is 1.15. The van der Waals surface area contributed by atoms with Crippen LogP contribution in [0.3, 0.4) is 0 Å². The molecule has 0 heterocycles. The first-order valence-corrected chi connectivity index (χ1v) is 13.0. The molecule has 2 amide bonds. The number of fused-ring (bicyclic) bond motifs is 2. The highest BCUT2D eigenvalue weighted by atomic mass is 32.2. The minimum atomic E-state index is -3.56. The number of carbonyl (C=O) groups excluding carboxylic acids is 1. The number of nitrogens with one attached hydrogen (secondary N) is 3. The Kier molecular flexibility index (Phi) is 7.77. The van der Waals surface area contributed by atoms with Crippen molar-refractivity contribution < 1.29 is 13.2 Å². The number of carbonyl (C=O) groups is 1. The molecule has 0 atom stereocenters. The molecule has 0 saturated carbocycles. The molecular formula is C27H29N3O3S. The lowest BCUT2D eigenvalue weighted by molar-refractivity contribution is 0.252. The van der Waals surface area contributed by atoms with Crippen molar-refractivity contribution >= 4 is 43.3 Å². The van der Waals surface area contributed by atoms with Gasteiger partial charge in [-0.1, -0.05) is 85.6 Å². The van der Waals surface area contributed by atoms with Crippen molar-refractivity contribution in [2.75, 3.05) is 18.4 Å². The van der Waals surface area contributed by atoms with Crippen molar-refractivity contribution in [3.63, 3.8) is 0 Å². The van der Waals surface area contributed by atoms with Crippen molar-refractivity contribution in [1.82, 2.24) is 10.0 Å². The Morgan fingerprint density at radius 2 is 1.24 bits per heavy atom. The van der Waals surface area contributed by atoms with Gasteiger partial charge in [0, 0.05) is 23.9 Å². The summed E-state index contributed by atoms with van der Waals surface area (Å²) in [6, 6.07) is 26.3. The van der Waals surface area contributed by atoms with E-state index in [0.29, 0.717) is 18.0 Å². The summed E-state index contributed by atoms with van der Waals surface area (Å²) in [6.45, 7) is 0.957. The molecule has 0 bridgehead atoms. The quantitative estimate of drug-likeness (QED) is 0.259. The lowest BCUT2D eigenvalue weighted by Crippen LogP contribution is -2.29. The molecule has 0 fully saturated rings. The van der Waals surface area contributed by atoms with Gasteiger partial charge >= 0.3 is 6.03 Å². The lowest BCUT2D eigenvalue weighted by Gasteiger charge is -2.11. The van der Waals surface area contributed by atoms with Gasteiger partial charge in [0.2, 0.25) is 10.0 Å². The number of sulfonamides is 1. The number of rotatable bonds is 10. The zero-order valence-corrected chi connectivity index (χ0v) is 19.8. The highest BCUT2D eigenvalue weighted by Crippen LogP contribution is 2.23. The molecule has 0 aliphatic heterocycles. The Bertz CT molecular complexity index is 1380. The smallest absolute Gasteiger partial charge is 0.319 e. The summed E-state index contributed by atoms with van der Waals surface area (Å²) in [5, 5.41) is 9.52. The second-order valence-electron chi connectivity index (χ2n) is 8.20. The second kappa shape index (κ2) is 11.1. The summed E-state index contributed by atoms with van der Waals surface area (Å²) in [7, 11) is -3.56. The zero-order chi connectivity index (χ0) is 23.8. The predicted molar refractivity (Wildman–Crippen MR) is 139 cm³/mol. The molecule has 0 aliphatic rings. The topological polar surface area (TPSA) is 87.3 Å². The van der Waals surface area contributed by atoms with Crippen LogP contribution in [0.5, 0.6) is 0 Å². The van der Waals surface area contributed by atoms with E-state index >= 15 is 0 Å². The van der Waals surface area contributed by atoms with Crippen LogP contribution in [-0.4, -0.2) is 27.5 Å². The molecule has 34 heavy (non-hydrogen) atoms. The fourth-order valence-corrected chi connectivity index (χ4v) is 5.32. The van der Waals surface area contributed by atoms with Crippen LogP contribution in [0.1, 0.15) is 25.7 Å². The first-order valence-electron chi connectivity index (χ1n) is 11.5. The molecule has 0 spiro atoms. The van der Waals surface area contributed by atoms with Crippen LogP contribution >= 0.6 is 0 Å². The van der Waals surface area contributed by atoms with E-state index in [9.17, 15) is 13.2 Å². The molecule has 7 heteroatoms. The maximum Gasteiger partial charge on any atom is 0.319 e. The van der Waals surface area contributed by atoms with Crippen molar-refractivity contribution in [1.29, 1.82) is 0 Å². The SMILES string of the molecule is O=C(NCCCCCCNS(=O)(=O)c1cccc2ccccc12)Nc1cccc2ccccc12. The van der Waals surface area contributed by atoms with Gasteiger partial charge in [-0.15, -0.1) is 0 Å². The van der Waals surface area contributed by atoms with Gasteiger partial charge in [0.1, 0.15) is 0 Å². The minimum Gasteiger partial charge on any atom is -0.338 e. The third-order valence-electron chi connectivity index (χ3n) is 5.76. The van der Waals surface area contributed by atoms with E-state index in [1.165, 1.54) is 0 Å². The maximum atomic E-state index is 12.7. The maximum absolute atomic E-state index is 12.7. The molecule has 4 rings (SSSR count). The summed E-state index contributed by atoms with van der Waals surface area (Å²) in [5.74, 6) is 0. The molecule has 4 aromatic rings. The Morgan fingerprint density at radius 1 is 0.647 bits per heavy atom. The molecule has 4 aromatic carbocycles. The molecule has 176 valence electrons. The predicted octanol–water partition coefficient (Wildman–Crippen LogP) is 5.65. The highest BCUT2D eigenvalue weighted by Gasteiger charge is 2.16. The largest absolute Gasteiger partial charge is 0.338 e. The van der Waals surface area contributed by atoms with Gasteiger partial charge < -0.3 is 10.6 Å². The van der Waals surface area contributed by atoms with Gasteiger partial charge in [0.15, 0.2) is 0 Å². The Hall–Kier alpha value is -3.42. The third kappa shape index (κ3) is 5.92. The van der Waals surface area contributed by atoms with Gasteiger partial charge in [-0.25, -0.2) is 17.9 Å². The first-order chi connectivity index (χ1) is 16.5. The van der Waals surface area contributed by atoms with Crippen LogP contribution in [0.25, 0.3) is 21.5 Å². The summed E-state index contributed by atoms with van der Waals surface area (Å²) in [6.07, 6.45) is 3.36. The molecule has 0 aromatic heterocycles. The van der Waals surface area contributed by atoms with E-state index in [0.717, 1.165) is 52.9 Å². The number of amides is 2. The van der Waals surface area contributed by atoms with Crippen LogP contribution in [0.15, 0.2) is 89.8 Å². The number of anilines is 1. The van der Waals surface area contributed by atoms with Crippen molar-refractivity contribution in [3.8, 4) is 0 Å². The number of benzene rings is 4.